The van der Waals surface area contributed by atoms with E-state index in [2.05, 4.69) is 56.5 Å². The van der Waals surface area contributed by atoms with Gasteiger partial charge in [-0.3, -0.25) is 0 Å². The Balaban J connectivity index is 0.000000206. The zero-order chi connectivity index (χ0) is 61.7. The molecule has 2 heterocycles. The van der Waals surface area contributed by atoms with E-state index in [0.29, 0.717) is 69.2 Å². The van der Waals surface area contributed by atoms with E-state index in [-0.39, 0.29) is 42.1 Å². The summed E-state index contributed by atoms with van der Waals surface area (Å²) in [6, 6.07) is 45.5. The van der Waals surface area contributed by atoms with Gasteiger partial charge >= 0.3 is 0 Å². The van der Waals surface area contributed by atoms with E-state index in [1.807, 2.05) is 165 Å². The fourth-order valence-electron chi connectivity index (χ4n) is 9.57. The minimum atomic E-state index is -0.172. The van der Waals surface area contributed by atoms with Crippen molar-refractivity contribution in [3.05, 3.63) is 212 Å². The van der Waals surface area contributed by atoms with E-state index >= 15 is 0 Å². The topological polar surface area (TPSA) is 188 Å². The monoisotopic (exact) mass is 1170 g/mol. The van der Waals surface area contributed by atoms with Crippen molar-refractivity contribution in [2.24, 2.45) is 0 Å². The molecule has 86 heavy (non-hydrogen) atoms. The summed E-state index contributed by atoms with van der Waals surface area (Å²) in [5, 5.41) is 51.9. The Labute approximate surface area is 512 Å². The Hall–Kier alpha value is -9.13. The first-order valence-electron chi connectivity index (χ1n) is 28.2. The van der Waals surface area contributed by atoms with Gasteiger partial charge in [-0.2, -0.15) is 0 Å². The van der Waals surface area contributed by atoms with Crippen LogP contribution < -0.4 is 4.74 Å². The molecule has 2 aromatic heterocycles. The maximum absolute atomic E-state index is 11.1. The Bertz CT molecular complexity index is 3890. The van der Waals surface area contributed by atoms with Crippen molar-refractivity contribution in [2.45, 2.75) is 128 Å². The van der Waals surface area contributed by atoms with Gasteiger partial charge in [-0.25, -0.2) is 29.9 Å². The molecular formula is C73H79ClN6O6. The second-order valence-corrected chi connectivity index (χ2v) is 24.0. The normalized spacial score (nSPS) is 11.2. The molecule has 0 aliphatic heterocycles. The summed E-state index contributed by atoms with van der Waals surface area (Å²) in [4.78, 5) is 28.0. The summed E-state index contributed by atoms with van der Waals surface area (Å²) in [6.07, 6.45) is 0. The number of phenolic OH excluding ortho intramolecular Hbond substituents is 5. The number of hydrogen-bond donors (Lipinski definition) is 5. The highest BCUT2D eigenvalue weighted by molar-refractivity contribution is 6.17. The third-order valence-corrected chi connectivity index (χ3v) is 15.1. The summed E-state index contributed by atoms with van der Waals surface area (Å²) in [5.41, 5.74) is 16.5. The zero-order valence-corrected chi connectivity index (χ0v) is 51.7. The summed E-state index contributed by atoms with van der Waals surface area (Å²) in [6.45, 7) is 28.8. The molecule has 0 atom stereocenters. The lowest BCUT2D eigenvalue weighted by Gasteiger charge is -2.24. The van der Waals surface area contributed by atoms with Crippen molar-refractivity contribution in [3.8, 4) is 103 Å². The number of aromatic hydroxyl groups is 5. The third-order valence-electron chi connectivity index (χ3n) is 14.9. The number of benzene rings is 8. The van der Waals surface area contributed by atoms with Crippen LogP contribution in [-0.4, -0.2) is 55.4 Å². The van der Waals surface area contributed by atoms with Crippen LogP contribution >= 0.6 is 11.6 Å². The number of nitrogens with zero attached hydrogens (tertiary/aromatic N) is 6. The quantitative estimate of drug-likeness (QED) is 0.0817. The Morgan fingerprint density at radius 1 is 0.384 bits per heavy atom. The van der Waals surface area contributed by atoms with Gasteiger partial charge in [-0.05, 0) is 135 Å². The molecule has 0 fully saturated rings. The van der Waals surface area contributed by atoms with Gasteiger partial charge in [0.15, 0.2) is 34.9 Å². The molecule has 10 rings (SSSR count). The molecule has 0 saturated heterocycles. The first-order chi connectivity index (χ1) is 40.2. The molecule has 10 aromatic rings. The van der Waals surface area contributed by atoms with Crippen LogP contribution in [0.25, 0.3) is 68.3 Å². The molecular weight excluding hydrogens is 1090 g/mol. The summed E-state index contributed by atoms with van der Waals surface area (Å²) in [5.74, 6) is 4.36. The van der Waals surface area contributed by atoms with Gasteiger partial charge in [-0.1, -0.05) is 180 Å². The van der Waals surface area contributed by atoms with Crippen LogP contribution in [0.5, 0.6) is 34.5 Å². The van der Waals surface area contributed by atoms with Crippen molar-refractivity contribution < 1.29 is 30.3 Å². The fourth-order valence-corrected chi connectivity index (χ4v) is 9.98. The molecule has 0 saturated carbocycles. The lowest BCUT2D eigenvalue weighted by molar-refractivity contribution is 0.301. The molecule has 8 aromatic carbocycles. The van der Waals surface area contributed by atoms with Gasteiger partial charge < -0.3 is 30.3 Å². The number of aryl methyl sites for hydroxylation is 6. The molecule has 5 N–H and O–H groups in total. The second kappa shape index (κ2) is 26.8. The van der Waals surface area contributed by atoms with Crippen molar-refractivity contribution in [2.75, 3.05) is 0 Å². The van der Waals surface area contributed by atoms with Crippen LogP contribution in [-0.2, 0) is 23.3 Å². The first-order valence-corrected chi connectivity index (χ1v) is 28.7. The van der Waals surface area contributed by atoms with Crippen LogP contribution in [0, 0.1) is 55.4 Å². The van der Waals surface area contributed by atoms with Gasteiger partial charge in [0.25, 0.3) is 0 Å². The van der Waals surface area contributed by atoms with Crippen molar-refractivity contribution >= 4 is 11.6 Å². The molecule has 13 heteroatoms. The molecule has 0 aliphatic rings. The summed E-state index contributed by atoms with van der Waals surface area (Å²) < 4.78 is 6.09. The molecule has 0 radical (unpaired) electrons. The van der Waals surface area contributed by atoms with Crippen LogP contribution in [0.3, 0.4) is 0 Å². The van der Waals surface area contributed by atoms with E-state index < -0.39 is 0 Å². The smallest absolute Gasteiger partial charge is 0.167 e. The summed E-state index contributed by atoms with van der Waals surface area (Å²) in [7, 11) is 0. The van der Waals surface area contributed by atoms with E-state index in [4.69, 9.17) is 31.3 Å². The van der Waals surface area contributed by atoms with Crippen LogP contribution in [0.15, 0.2) is 146 Å². The predicted octanol–water partition coefficient (Wildman–Crippen LogP) is 18.0. The Morgan fingerprint density at radius 2 is 0.698 bits per heavy atom. The summed E-state index contributed by atoms with van der Waals surface area (Å²) >= 11 is 5.86. The maximum atomic E-state index is 11.1. The molecule has 0 unspecified atom stereocenters. The van der Waals surface area contributed by atoms with Gasteiger partial charge in [0.1, 0.15) is 41.1 Å². The lowest BCUT2D eigenvalue weighted by atomic mass is 9.83. The van der Waals surface area contributed by atoms with E-state index in [1.54, 1.807) is 24.3 Å². The number of rotatable bonds is 10. The average molecular weight is 1170 g/mol. The number of aromatic nitrogens is 6. The number of phenols is 5. The van der Waals surface area contributed by atoms with Gasteiger partial charge in [0, 0.05) is 40.3 Å². The molecule has 0 amide bonds. The standard InChI is InChI=1S/C36H37N3O3.C23H19N3O2.C13H19ClO.CH4/c1-21-8-12-25(13-9-21)33-37-34(26-14-10-22(2)11-15-26)39-35(38-33)28-17-16-27(19-31(28)40)42-20-29-23(3)18-30(36(5,6)7)32(41)24(29)4;1-14-3-7-16(8-4-14)21-24-22(17-9-5-15(2)6-10-17)26-23(25-21)19-12-11-18(27)13-20(19)28;1-8-6-11(13(3,4)5)12(15)9(2)10(8)7-14;/h8-19,40-41H,20H2,1-7H3;3-13,27-28H,1-2H3;6,15H,7H2,1-5H3;1H4. The molecule has 0 bridgehead atoms. The number of ether oxygens (including phenoxy) is 1. The van der Waals surface area contributed by atoms with E-state index in [0.717, 1.165) is 89.0 Å². The Kier molecular flexibility index (Phi) is 20.1. The molecule has 444 valence electrons. The zero-order valence-electron chi connectivity index (χ0n) is 51.0. The fraction of sp³-hybridized carbons (Fsp3) is 0.260. The van der Waals surface area contributed by atoms with Gasteiger partial charge in [0.2, 0.25) is 0 Å². The molecule has 0 aliphatic carbocycles. The van der Waals surface area contributed by atoms with Crippen molar-refractivity contribution in [1.29, 1.82) is 0 Å². The lowest BCUT2D eigenvalue weighted by Crippen LogP contribution is -2.14. The highest BCUT2D eigenvalue weighted by Crippen LogP contribution is 2.40. The van der Waals surface area contributed by atoms with Crippen LogP contribution in [0.2, 0.25) is 0 Å². The van der Waals surface area contributed by atoms with Gasteiger partial charge in [0.05, 0.1) is 11.1 Å². The molecule has 12 nitrogen and oxygen atoms in total. The predicted molar refractivity (Wildman–Crippen MR) is 349 cm³/mol. The average Bonchev–Trinajstić information content (AvgIpc) is 1.29. The largest absolute Gasteiger partial charge is 0.508 e. The van der Waals surface area contributed by atoms with Gasteiger partial charge in [-0.15, -0.1) is 11.6 Å². The maximum Gasteiger partial charge on any atom is 0.167 e. The molecule has 0 spiro atoms. The second-order valence-electron chi connectivity index (χ2n) is 23.8. The minimum absolute atomic E-state index is 0. The minimum Gasteiger partial charge on any atom is -0.508 e. The van der Waals surface area contributed by atoms with Crippen molar-refractivity contribution in [1.82, 2.24) is 29.9 Å². The van der Waals surface area contributed by atoms with Crippen LogP contribution in [0.1, 0.15) is 116 Å². The highest BCUT2D eigenvalue weighted by atomic mass is 35.5. The number of hydrogen-bond acceptors (Lipinski definition) is 12. The number of halogens is 1. The first kappa shape index (κ1) is 64.4. The highest BCUT2D eigenvalue weighted by Gasteiger charge is 2.24. The van der Waals surface area contributed by atoms with E-state index in [1.165, 1.54) is 12.1 Å². The Morgan fingerprint density at radius 3 is 1.02 bits per heavy atom. The van der Waals surface area contributed by atoms with Crippen molar-refractivity contribution in [3.63, 3.8) is 0 Å². The third kappa shape index (κ3) is 15.2. The SMILES string of the molecule is C.Cc1cc(C(C)(C)C)c(O)c(C)c1CCl.Cc1ccc(-c2nc(-c3ccc(C)cc3)nc(-c3ccc(O)cc3O)n2)cc1.Cc1ccc(-c2nc(-c3ccc(C)cc3)nc(-c3ccc(OCc4c(C)cc(C(C)(C)C)c(O)c4C)cc3O)n2)cc1. The van der Waals surface area contributed by atoms with E-state index in [9.17, 15) is 25.5 Å². The number of alkyl halides is 1. The van der Waals surface area contributed by atoms with Crippen LogP contribution in [0.4, 0.5) is 0 Å².